The summed E-state index contributed by atoms with van der Waals surface area (Å²) in [6.07, 6.45) is 5.92. The number of terminal acetylenes is 1. The van der Waals surface area contributed by atoms with Crippen LogP contribution in [0.3, 0.4) is 0 Å². The molecular weight excluding hydrogens is 266 g/mol. The Morgan fingerprint density at radius 3 is 2.80 bits per heavy atom. The molecule has 0 aromatic carbocycles. The first-order valence-corrected chi connectivity index (χ1v) is 5.34. The molecule has 0 aliphatic rings. The minimum Gasteiger partial charge on any atom is -0.365 e. The number of hydrogen-bond acceptors (Lipinski definition) is 6. The Morgan fingerprint density at radius 1 is 1.55 bits per heavy atom. The average Bonchev–Trinajstić information content (AvgIpc) is 2.42. The van der Waals surface area contributed by atoms with Crippen LogP contribution in [0, 0.1) is 22.5 Å². The fourth-order valence-electron chi connectivity index (χ4n) is 1.26. The maximum Gasteiger partial charge on any atom is 0.288 e. The molecule has 0 saturated heterocycles. The van der Waals surface area contributed by atoms with E-state index in [0.717, 1.165) is 12.3 Å². The van der Waals surface area contributed by atoms with E-state index >= 15 is 0 Å². The minimum atomic E-state index is -0.896. The number of carbonyl (C=O) groups is 2. The monoisotopic (exact) mass is 277 g/mol. The van der Waals surface area contributed by atoms with E-state index in [1.165, 1.54) is 0 Å². The van der Waals surface area contributed by atoms with Gasteiger partial charge in [-0.1, -0.05) is 5.92 Å². The van der Waals surface area contributed by atoms with Crippen molar-refractivity contribution in [3.63, 3.8) is 0 Å². The maximum atomic E-state index is 11.3. The van der Waals surface area contributed by atoms with Crippen molar-refractivity contribution in [3.05, 3.63) is 27.9 Å². The predicted octanol–water partition coefficient (Wildman–Crippen LogP) is -0.750. The SMILES string of the molecule is C#CCNC(=O)CNc1ncc([N+](=O)[O-])cc1C(N)=O. The van der Waals surface area contributed by atoms with Gasteiger partial charge in [-0.2, -0.15) is 0 Å². The second kappa shape index (κ2) is 6.69. The summed E-state index contributed by atoms with van der Waals surface area (Å²) in [6, 6.07) is 0.983. The number of carbonyl (C=O) groups excluding carboxylic acids is 2. The van der Waals surface area contributed by atoms with Crippen LogP contribution in [0.1, 0.15) is 10.4 Å². The van der Waals surface area contributed by atoms with Gasteiger partial charge >= 0.3 is 0 Å². The van der Waals surface area contributed by atoms with Crippen molar-refractivity contribution in [2.75, 3.05) is 18.4 Å². The molecular formula is C11H11N5O4. The number of aromatic nitrogens is 1. The van der Waals surface area contributed by atoms with E-state index in [4.69, 9.17) is 12.2 Å². The largest absolute Gasteiger partial charge is 0.365 e. The van der Waals surface area contributed by atoms with Crippen molar-refractivity contribution in [2.45, 2.75) is 0 Å². The molecule has 0 spiro atoms. The summed E-state index contributed by atoms with van der Waals surface area (Å²) in [5, 5.41) is 15.5. The van der Waals surface area contributed by atoms with Crippen molar-refractivity contribution in [3.8, 4) is 12.3 Å². The van der Waals surface area contributed by atoms with E-state index in [1.54, 1.807) is 0 Å². The van der Waals surface area contributed by atoms with E-state index < -0.39 is 16.7 Å². The Labute approximate surface area is 113 Å². The Bertz CT molecular complexity index is 593. The van der Waals surface area contributed by atoms with Crippen LogP contribution in [0.5, 0.6) is 0 Å². The first-order valence-electron chi connectivity index (χ1n) is 5.34. The Hall–Kier alpha value is -3.15. The summed E-state index contributed by atoms with van der Waals surface area (Å²) in [5.74, 6) is 0.893. The van der Waals surface area contributed by atoms with E-state index in [2.05, 4.69) is 21.5 Å². The van der Waals surface area contributed by atoms with Crippen molar-refractivity contribution < 1.29 is 14.5 Å². The van der Waals surface area contributed by atoms with Crippen LogP contribution in [0.2, 0.25) is 0 Å². The predicted molar refractivity (Wildman–Crippen MR) is 69.7 cm³/mol. The van der Waals surface area contributed by atoms with Crippen LogP contribution in [-0.2, 0) is 4.79 Å². The van der Waals surface area contributed by atoms with Gasteiger partial charge in [0.05, 0.1) is 23.6 Å². The van der Waals surface area contributed by atoms with Crippen molar-refractivity contribution in [2.24, 2.45) is 5.73 Å². The molecule has 0 aliphatic heterocycles. The van der Waals surface area contributed by atoms with E-state index in [0.29, 0.717) is 0 Å². The smallest absolute Gasteiger partial charge is 0.288 e. The van der Waals surface area contributed by atoms with Gasteiger partial charge in [0.25, 0.3) is 11.6 Å². The molecule has 0 atom stereocenters. The molecule has 0 radical (unpaired) electrons. The van der Waals surface area contributed by atoms with Gasteiger partial charge in [0.1, 0.15) is 12.0 Å². The molecule has 0 bridgehead atoms. The van der Waals surface area contributed by atoms with Gasteiger partial charge in [-0.15, -0.1) is 6.42 Å². The Balaban J connectivity index is 2.85. The fourth-order valence-corrected chi connectivity index (χ4v) is 1.26. The zero-order valence-electron chi connectivity index (χ0n) is 10.3. The quantitative estimate of drug-likeness (QED) is 0.355. The number of amides is 2. The number of nitro groups is 1. The fraction of sp³-hybridized carbons (Fsp3) is 0.182. The highest BCUT2D eigenvalue weighted by Crippen LogP contribution is 2.18. The highest BCUT2D eigenvalue weighted by Gasteiger charge is 2.16. The molecule has 2 amide bonds. The zero-order valence-corrected chi connectivity index (χ0v) is 10.3. The summed E-state index contributed by atoms with van der Waals surface area (Å²) in [7, 11) is 0. The highest BCUT2D eigenvalue weighted by atomic mass is 16.6. The molecule has 9 heteroatoms. The molecule has 1 heterocycles. The second-order valence-corrected chi connectivity index (χ2v) is 3.55. The molecule has 0 saturated carbocycles. The molecule has 1 aromatic rings. The number of pyridine rings is 1. The van der Waals surface area contributed by atoms with Crippen LogP contribution in [0.4, 0.5) is 11.5 Å². The highest BCUT2D eigenvalue weighted by molar-refractivity contribution is 5.98. The Kier molecular flexibility index (Phi) is 4.99. The van der Waals surface area contributed by atoms with Crippen molar-refractivity contribution >= 4 is 23.3 Å². The molecule has 0 aliphatic carbocycles. The molecule has 0 fully saturated rings. The van der Waals surface area contributed by atoms with Gasteiger partial charge < -0.3 is 16.4 Å². The van der Waals surface area contributed by atoms with Crippen LogP contribution >= 0.6 is 0 Å². The molecule has 4 N–H and O–H groups in total. The third-order valence-electron chi connectivity index (χ3n) is 2.15. The number of hydrogen-bond donors (Lipinski definition) is 3. The summed E-state index contributed by atoms with van der Waals surface area (Å²) in [5.41, 5.74) is 4.55. The molecule has 1 aromatic heterocycles. The van der Waals surface area contributed by atoms with E-state index in [1.807, 2.05) is 0 Å². The summed E-state index contributed by atoms with van der Waals surface area (Å²) >= 11 is 0. The number of nitrogens with two attached hydrogens (primary N) is 1. The first-order chi connectivity index (χ1) is 9.45. The van der Waals surface area contributed by atoms with Gasteiger partial charge in [0.15, 0.2) is 0 Å². The summed E-state index contributed by atoms with van der Waals surface area (Å²) in [6.45, 7) is -0.135. The zero-order chi connectivity index (χ0) is 15.1. The normalized spacial score (nSPS) is 9.35. The number of nitrogens with zero attached hydrogens (tertiary/aromatic N) is 2. The lowest BCUT2D eigenvalue weighted by Crippen LogP contribution is -2.30. The molecule has 0 unspecified atom stereocenters. The topological polar surface area (TPSA) is 140 Å². The maximum absolute atomic E-state index is 11.3. The third kappa shape index (κ3) is 3.95. The lowest BCUT2D eigenvalue weighted by Gasteiger charge is -2.08. The van der Waals surface area contributed by atoms with E-state index in [-0.39, 0.29) is 30.2 Å². The van der Waals surface area contributed by atoms with Gasteiger partial charge in [-0.3, -0.25) is 19.7 Å². The van der Waals surface area contributed by atoms with E-state index in [9.17, 15) is 19.7 Å². The van der Waals surface area contributed by atoms with Crippen LogP contribution < -0.4 is 16.4 Å². The molecule has 104 valence electrons. The van der Waals surface area contributed by atoms with Crippen LogP contribution in [-0.4, -0.2) is 34.8 Å². The Morgan fingerprint density at radius 2 is 2.25 bits per heavy atom. The van der Waals surface area contributed by atoms with Crippen molar-refractivity contribution in [1.82, 2.24) is 10.3 Å². The summed E-state index contributed by atoms with van der Waals surface area (Å²) in [4.78, 5) is 36.1. The molecule has 1 rings (SSSR count). The van der Waals surface area contributed by atoms with Gasteiger partial charge in [-0.05, 0) is 0 Å². The number of anilines is 1. The van der Waals surface area contributed by atoms with Crippen LogP contribution in [0.25, 0.3) is 0 Å². The number of rotatable bonds is 6. The third-order valence-corrected chi connectivity index (χ3v) is 2.15. The first kappa shape index (κ1) is 14.9. The number of primary amides is 1. The standard InChI is InChI=1S/C11H11N5O4/c1-2-3-13-9(17)6-15-11-8(10(12)18)4-7(5-14-11)16(19)20/h1,4-5H,3,6H2,(H2,12,18)(H,13,17)(H,14,15). The minimum absolute atomic E-state index is 0.0149. The molecule has 9 nitrogen and oxygen atoms in total. The van der Waals surface area contributed by atoms with Gasteiger partial charge in [0, 0.05) is 6.07 Å². The average molecular weight is 277 g/mol. The molecule has 20 heavy (non-hydrogen) atoms. The lowest BCUT2D eigenvalue weighted by molar-refractivity contribution is -0.385. The van der Waals surface area contributed by atoms with Gasteiger partial charge in [-0.25, -0.2) is 4.98 Å². The lowest BCUT2D eigenvalue weighted by atomic mass is 10.2. The second-order valence-electron chi connectivity index (χ2n) is 3.55. The van der Waals surface area contributed by atoms with Crippen LogP contribution in [0.15, 0.2) is 12.3 Å². The summed E-state index contributed by atoms with van der Waals surface area (Å²) < 4.78 is 0. The number of nitrogens with one attached hydrogen (secondary N) is 2. The van der Waals surface area contributed by atoms with Gasteiger partial charge in [0.2, 0.25) is 5.91 Å². The van der Waals surface area contributed by atoms with Crippen molar-refractivity contribution in [1.29, 1.82) is 0 Å².